The lowest BCUT2D eigenvalue weighted by molar-refractivity contribution is -0.117. The lowest BCUT2D eigenvalue weighted by atomic mass is 9.98. The van der Waals surface area contributed by atoms with Crippen molar-refractivity contribution in [2.24, 2.45) is 0 Å². The number of carbonyl (C=O) groups is 3. The number of anilines is 2. The molecule has 2 aromatic rings. The van der Waals surface area contributed by atoms with Crippen LogP contribution in [0.4, 0.5) is 11.4 Å². The zero-order valence-corrected chi connectivity index (χ0v) is 17.0. The molecule has 1 unspecified atom stereocenters. The fourth-order valence-corrected chi connectivity index (χ4v) is 4.47. The summed E-state index contributed by atoms with van der Waals surface area (Å²) < 4.78 is 0. The smallest absolute Gasteiger partial charge is 0.257 e. The number of fused-ring (bicyclic) bond motifs is 3. The Morgan fingerprint density at radius 1 is 1.07 bits per heavy atom. The first-order valence-electron chi connectivity index (χ1n) is 9.93. The number of para-hydroxylation sites is 2. The number of nitrogens with one attached hydrogen (secondary N) is 1. The second-order valence-electron chi connectivity index (χ2n) is 7.99. The molecule has 2 aromatic carbocycles. The van der Waals surface area contributed by atoms with Crippen LogP contribution in [0.5, 0.6) is 0 Å². The Kier molecular flexibility index (Phi) is 4.65. The van der Waals surface area contributed by atoms with Gasteiger partial charge in [0.2, 0.25) is 11.8 Å². The average molecular weight is 391 g/mol. The molecule has 0 bridgehead atoms. The van der Waals surface area contributed by atoms with Gasteiger partial charge >= 0.3 is 0 Å². The van der Waals surface area contributed by atoms with Crippen molar-refractivity contribution in [3.63, 3.8) is 0 Å². The molecule has 2 aliphatic heterocycles. The summed E-state index contributed by atoms with van der Waals surface area (Å²) in [6, 6.07) is 13.1. The van der Waals surface area contributed by atoms with E-state index in [0.717, 1.165) is 16.8 Å². The molecule has 0 spiro atoms. The standard InChI is InChI=1S/C23H25N3O3/c1-15-7-6-8-16(2)21(15)24-19(27)12-14-25-22(29)17-9-4-5-10-18(17)26-20(28)11-13-23(25,26)3/h4-10H,11-14H2,1-3H3,(H,24,27). The maximum atomic E-state index is 13.2. The third-order valence-corrected chi connectivity index (χ3v) is 6.05. The predicted molar refractivity (Wildman–Crippen MR) is 112 cm³/mol. The van der Waals surface area contributed by atoms with E-state index in [1.807, 2.05) is 51.1 Å². The molecule has 1 saturated heterocycles. The first kappa shape index (κ1) is 19.2. The number of nitrogens with zero attached hydrogens (tertiary/aromatic N) is 2. The van der Waals surface area contributed by atoms with Gasteiger partial charge in [0.25, 0.3) is 5.91 Å². The van der Waals surface area contributed by atoms with Crippen LogP contribution in [-0.2, 0) is 9.59 Å². The third-order valence-electron chi connectivity index (χ3n) is 6.05. The van der Waals surface area contributed by atoms with Crippen LogP contribution in [0.15, 0.2) is 42.5 Å². The van der Waals surface area contributed by atoms with Crippen LogP contribution in [0.2, 0.25) is 0 Å². The van der Waals surface area contributed by atoms with Gasteiger partial charge < -0.3 is 10.2 Å². The van der Waals surface area contributed by atoms with E-state index in [-0.39, 0.29) is 30.7 Å². The highest BCUT2D eigenvalue weighted by atomic mass is 16.2. The summed E-state index contributed by atoms with van der Waals surface area (Å²) >= 11 is 0. The molecule has 4 rings (SSSR count). The Morgan fingerprint density at radius 3 is 2.48 bits per heavy atom. The summed E-state index contributed by atoms with van der Waals surface area (Å²) in [6.07, 6.45) is 1.12. The minimum Gasteiger partial charge on any atom is -0.326 e. The molecule has 6 heteroatoms. The molecular weight excluding hydrogens is 366 g/mol. The average Bonchev–Trinajstić information content (AvgIpc) is 3.00. The largest absolute Gasteiger partial charge is 0.326 e. The van der Waals surface area contributed by atoms with Crippen molar-refractivity contribution >= 4 is 29.1 Å². The molecule has 0 radical (unpaired) electrons. The summed E-state index contributed by atoms with van der Waals surface area (Å²) in [7, 11) is 0. The van der Waals surface area contributed by atoms with E-state index < -0.39 is 5.66 Å². The second kappa shape index (κ2) is 7.03. The first-order chi connectivity index (χ1) is 13.8. The fraction of sp³-hybridized carbons (Fsp3) is 0.348. The van der Waals surface area contributed by atoms with Crippen LogP contribution < -0.4 is 10.2 Å². The van der Waals surface area contributed by atoms with Crippen molar-refractivity contribution < 1.29 is 14.4 Å². The van der Waals surface area contributed by atoms with Gasteiger partial charge in [0.05, 0.1) is 11.3 Å². The molecule has 6 nitrogen and oxygen atoms in total. The van der Waals surface area contributed by atoms with Gasteiger partial charge in [-0.05, 0) is 50.5 Å². The van der Waals surface area contributed by atoms with Crippen molar-refractivity contribution in [3.05, 3.63) is 59.2 Å². The van der Waals surface area contributed by atoms with Crippen molar-refractivity contribution in [2.75, 3.05) is 16.8 Å². The molecule has 29 heavy (non-hydrogen) atoms. The summed E-state index contributed by atoms with van der Waals surface area (Å²) in [6.45, 7) is 6.08. The van der Waals surface area contributed by atoms with Crippen molar-refractivity contribution in [1.82, 2.24) is 4.90 Å². The second-order valence-corrected chi connectivity index (χ2v) is 7.99. The van der Waals surface area contributed by atoms with E-state index in [0.29, 0.717) is 24.1 Å². The maximum absolute atomic E-state index is 13.2. The van der Waals surface area contributed by atoms with Gasteiger partial charge in [-0.2, -0.15) is 0 Å². The summed E-state index contributed by atoms with van der Waals surface area (Å²) in [5, 5.41) is 2.98. The topological polar surface area (TPSA) is 69.7 Å². The number of benzene rings is 2. The Morgan fingerprint density at radius 2 is 1.76 bits per heavy atom. The quantitative estimate of drug-likeness (QED) is 0.865. The highest BCUT2D eigenvalue weighted by Crippen LogP contribution is 2.43. The number of amides is 3. The van der Waals surface area contributed by atoms with Gasteiger partial charge in [-0.1, -0.05) is 30.3 Å². The van der Waals surface area contributed by atoms with Crippen LogP contribution in [0.1, 0.15) is 47.7 Å². The number of carbonyl (C=O) groups excluding carboxylic acids is 3. The predicted octanol–water partition coefficient (Wildman–Crippen LogP) is 3.63. The lowest BCUT2D eigenvalue weighted by Gasteiger charge is -2.48. The first-order valence-corrected chi connectivity index (χ1v) is 9.93. The van der Waals surface area contributed by atoms with Crippen LogP contribution in [0.25, 0.3) is 0 Å². The Labute approximate surface area is 170 Å². The molecule has 0 aliphatic carbocycles. The molecule has 1 atom stereocenters. The van der Waals surface area contributed by atoms with Gasteiger partial charge in [0, 0.05) is 25.1 Å². The fourth-order valence-electron chi connectivity index (χ4n) is 4.47. The summed E-state index contributed by atoms with van der Waals surface area (Å²) in [4.78, 5) is 41.9. The molecule has 1 N–H and O–H groups in total. The molecule has 0 aromatic heterocycles. The monoisotopic (exact) mass is 391 g/mol. The van der Waals surface area contributed by atoms with Crippen molar-refractivity contribution in [1.29, 1.82) is 0 Å². The van der Waals surface area contributed by atoms with Gasteiger partial charge in [-0.25, -0.2) is 0 Å². The van der Waals surface area contributed by atoms with Gasteiger partial charge in [-0.3, -0.25) is 19.3 Å². The Hall–Kier alpha value is -3.15. The van der Waals surface area contributed by atoms with E-state index in [4.69, 9.17) is 0 Å². The van der Waals surface area contributed by atoms with E-state index >= 15 is 0 Å². The maximum Gasteiger partial charge on any atom is 0.257 e. The molecule has 2 heterocycles. The lowest BCUT2D eigenvalue weighted by Crippen LogP contribution is -2.62. The molecule has 3 amide bonds. The molecular formula is C23H25N3O3. The van der Waals surface area contributed by atoms with Crippen LogP contribution in [0, 0.1) is 13.8 Å². The van der Waals surface area contributed by atoms with E-state index in [2.05, 4.69) is 5.32 Å². The molecule has 2 aliphatic rings. The van der Waals surface area contributed by atoms with Gasteiger partial charge in [0.15, 0.2) is 0 Å². The number of hydrogen-bond acceptors (Lipinski definition) is 3. The number of rotatable bonds is 4. The van der Waals surface area contributed by atoms with E-state index in [1.165, 1.54) is 0 Å². The van der Waals surface area contributed by atoms with E-state index in [9.17, 15) is 14.4 Å². The Bertz CT molecular complexity index is 996. The summed E-state index contributed by atoms with van der Waals surface area (Å²) in [5.74, 6) is -0.264. The van der Waals surface area contributed by atoms with Crippen LogP contribution >= 0.6 is 0 Å². The zero-order chi connectivity index (χ0) is 20.8. The van der Waals surface area contributed by atoms with Crippen LogP contribution in [-0.4, -0.2) is 34.8 Å². The zero-order valence-electron chi connectivity index (χ0n) is 17.0. The van der Waals surface area contributed by atoms with Gasteiger partial charge in [-0.15, -0.1) is 0 Å². The number of aryl methyl sites for hydroxylation is 2. The minimum absolute atomic E-state index is 0.0115. The highest BCUT2D eigenvalue weighted by molar-refractivity contribution is 6.10. The summed E-state index contributed by atoms with van der Waals surface area (Å²) in [5.41, 5.74) is 3.26. The highest BCUT2D eigenvalue weighted by Gasteiger charge is 2.52. The number of hydrogen-bond donors (Lipinski definition) is 1. The van der Waals surface area contributed by atoms with E-state index in [1.54, 1.807) is 21.9 Å². The normalized spacial score (nSPS) is 20.5. The molecule has 0 saturated carbocycles. The SMILES string of the molecule is Cc1cccc(C)c1NC(=O)CCN1C(=O)c2ccccc2N2C(=O)CCC12C. The van der Waals surface area contributed by atoms with Crippen molar-refractivity contribution in [3.8, 4) is 0 Å². The third kappa shape index (κ3) is 3.09. The van der Waals surface area contributed by atoms with Gasteiger partial charge in [0.1, 0.15) is 5.66 Å². The Balaban J connectivity index is 1.56. The minimum atomic E-state index is -0.735. The van der Waals surface area contributed by atoms with Crippen molar-refractivity contribution in [2.45, 2.75) is 45.7 Å². The molecule has 150 valence electrons. The molecule has 1 fully saturated rings. The van der Waals surface area contributed by atoms with Crippen LogP contribution in [0.3, 0.4) is 0 Å².